The van der Waals surface area contributed by atoms with Crippen LogP contribution in [0.15, 0.2) is 54.6 Å². The molecular formula is C22H30O4. The number of aliphatic hydroxyl groups excluding tert-OH is 1. The molecule has 0 heterocycles. The van der Waals surface area contributed by atoms with Gasteiger partial charge in [0.15, 0.2) is 0 Å². The zero-order valence-electron chi connectivity index (χ0n) is 16.4. The average molecular weight is 358 g/mol. The van der Waals surface area contributed by atoms with Gasteiger partial charge in [0.05, 0.1) is 13.2 Å². The van der Waals surface area contributed by atoms with Gasteiger partial charge in [-0.2, -0.15) is 0 Å². The topological polar surface area (TPSA) is 47.9 Å². The molecule has 0 aliphatic rings. The van der Waals surface area contributed by atoms with E-state index < -0.39 is 0 Å². The number of aliphatic hydroxyl groups is 1. The van der Waals surface area contributed by atoms with Gasteiger partial charge in [-0.05, 0) is 44.0 Å². The van der Waals surface area contributed by atoms with Gasteiger partial charge < -0.3 is 19.3 Å². The summed E-state index contributed by atoms with van der Waals surface area (Å²) in [5, 5.41) is 7.00. The van der Waals surface area contributed by atoms with Gasteiger partial charge in [-0.1, -0.05) is 37.3 Å². The summed E-state index contributed by atoms with van der Waals surface area (Å²) in [5.41, 5.74) is 2.09. The molecule has 0 aliphatic heterocycles. The molecule has 0 aromatic heterocycles. The van der Waals surface area contributed by atoms with Gasteiger partial charge in [0.2, 0.25) is 0 Å². The quantitative estimate of drug-likeness (QED) is 0.670. The maximum absolute atomic E-state index is 7.00. The second-order valence-electron chi connectivity index (χ2n) is 5.81. The second-order valence-corrected chi connectivity index (χ2v) is 5.81. The highest BCUT2D eigenvalue weighted by atomic mass is 16.5. The molecule has 0 unspecified atom stereocenters. The minimum absolute atomic E-state index is 0.100. The summed E-state index contributed by atoms with van der Waals surface area (Å²) in [6, 6.07) is 16.0. The van der Waals surface area contributed by atoms with Crippen molar-refractivity contribution in [3.63, 3.8) is 0 Å². The van der Waals surface area contributed by atoms with E-state index in [-0.39, 0.29) is 6.10 Å². The number of rotatable bonds is 8. The van der Waals surface area contributed by atoms with Crippen molar-refractivity contribution in [1.29, 1.82) is 0 Å². The molecule has 0 fully saturated rings. The molecule has 0 aliphatic carbocycles. The number of allylic oxidation sites excluding steroid dienone is 1. The highest BCUT2D eigenvalue weighted by Gasteiger charge is 2.09. The van der Waals surface area contributed by atoms with Crippen molar-refractivity contribution in [2.45, 2.75) is 39.9 Å². The minimum atomic E-state index is 0.100. The molecule has 26 heavy (non-hydrogen) atoms. The third-order valence-corrected chi connectivity index (χ3v) is 3.39. The largest absolute Gasteiger partial charge is 0.496 e. The van der Waals surface area contributed by atoms with Crippen molar-refractivity contribution in [2.24, 2.45) is 0 Å². The van der Waals surface area contributed by atoms with Gasteiger partial charge >= 0.3 is 0 Å². The maximum Gasteiger partial charge on any atom is 0.124 e. The molecule has 2 aromatic carbocycles. The first-order valence-electron chi connectivity index (χ1n) is 8.80. The van der Waals surface area contributed by atoms with Crippen molar-refractivity contribution in [1.82, 2.24) is 0 Å². The normalized spacial score (nSPS) is 10.8. The molecule has 4 heteroatoms. The third-order valence-electron chi connectivity index (χ3n) is 3.39. The van der Waals surface area contributed by atoms with Crippen LogP contribution in [0.4, 0.5) is 0 Å². The van der Waals surface area contributed by atoms with Gasteiger partial charge in [0.1, 0.15) is 23.9 Å². The maximum atomic E-state index is 7.00. The Kier molecular flexibility index (Phi) is 9.95. The Bertz CT molecular complexity index is 663. The van der Waals surface area contributed by atoms with Crippen molar-refractivity contribution in [3.05, 3.63) is 65.7 Å². The van der Waals surface area contributed by atoms with Crippen LogP contribution in [0.25, 0.3) is 5.76 Å². The summed E-state index contributed by atoms with van der Waals surface area (Å²) >= 11 is 0. The van der Waals surface area contributed by atoms with E-state index in [1.54, 1.807) is 7.11 Å². The molecule has 0 saturated carbocycles. The fourth-order valence-corrected chi connectivity index (χ4v) is 2.38. The monoisotopic (exact) mass is 358 g/mol. The molecule has 0 bridgehead atoms. The first-order valence-corrected chi connectivity index (χ1v) is 8.80. The lowest BCUT2D eigenvalue weighted by Gasteiger charge is -2.15. The van der Waals surface area contributed by atoms with Gasteiger partial charge in [-0.3, -0.25) is 0 Å². The molecule has 0 atom stereocenters. The molecule has 0 saturated heterocycles. The number of hydrogen-bond donors (Lipinski definition) is 1. The molecular weight excluding hydrogens is 328 g/mol. The molecule has 142 valence electrons. The van der Waals surface area contributed by atoms with E-state index in [1.807, 2.05) is 62.4 Å². The predicted molar refractivity (Wildman–Crippen MR) is 106 cm³/mol. The molecule has 1 N–H and O–H groups in total. The number of benzene rings is 2. The van der Waals surface area contributed by atoms with Crippen LogP contribution in [-0.4, -0.2) is 25.4 Å². The highest BCUT2D eigenvalue weighted by molar-refractivity contribution is 5.63. The van der Waals surface area contributed by atoms with E-state index in [9.17, 15) is 0 Å². The summed E-state index contributed by atoms with van der Waals surface area (Å²) < 4.78 is 17.3. The van der Waals surface area contributed by atoms with Crippen LogP contribution in [0.3, 0.4) is 0 Å². The predicted octanol–water partition coefficient (Wildman–Crippen LogP) is 5.06. The molecule has 2 rings (SSSR count). The zero-order chi connectivity index (χ0) is 19.4. The number of methoxy groups -OCH3 is 1. The van der Waals surface area contributed by atoms with Crippen molar-refractivity contribution in [3.8, 4) is 11.5 Å². The molecule has 4 nitrogen and oxygen atoms in total. The lowest BCUT2D eigenvalue weighted by atomic mass is 10.1. The Labute approximate surface area is 157 Å². The van der Waals surface area contributed by atoms with Gasteiger partial charge in [-0.25, -0.2) is 0 Å². The standard InChI is InChI=1S/C21H26O3.CH4O/c1-5-9-21(22-4)18-12-19(14-20(13-18)24-16(2)3)23-15-17-10-7-6-8-11-17;1-2/h6-14,16H,5,15H2,1-4H3;2H,1H3/b21-9+;. The van der Waals surface area contributed by atoms with E-state index in [0.29, 0.717) is 6.61 Å². The smallest absolute Gasteiger partial charge is 0.124 e. The van der Waals surface area contributed by atoms with Crippen LogP contribution in [0.2, 0.25) is 0 Å². The first-order chi connectivity index (χ1) is 12.6. The first kappa shape index (κ1) is 21.6. The Morgan fingerprint density at radius 1 is 1.04 bits per heavy atom. The average Bonchev–Trinajstić information content (AvgIpc) is 2.66. The SMILES string of the molecule is CC/C=C(/OC)c1cc(OCc2ccccc2)cc(OC(C)C)c1.CO. The van der Waals surface area contributed by atoms with Crippen LogP contribution in [0.5, 0.6) is 11.5 Å². The van der Waals surface area contributed by atoms with E-state index in [2.05, 4.69) is 13.0 Å². The van der Waals surface area contributed by atoms with Crippen LogP contribution < -0.4 is 9.47 Å². The summed E-state index contributed by atoms with van der Waals surface area (Å²) in [7, 11) is 2.68. The van der Waals surface area contributed by atoms with E-state index >= 15 is 0 Å². The van der Waals surface area contributed by atoms with Crippen LogP contribution in [0, 0.1) is 0 Å². The summed E-state index contributed by atoms with van der Waals surface area (Å²) in [6.07, 6.45) is 3.05. The number of ether oxygens (including phenoxy) is 3. The Morgan fingerprint density at radius 3 is 2.27 bits per heavy atom. The fourth-order valence-electron chi connectivity index (χ4n) is 2.38. The summed E-state index contributed by atoms with van der Waals surface area (Å²) in [5.74, 6) is 2.38. The molecule has 0 spiro atoms. The Morgan fingerprint density at radius 2 is 1.69 bits per heavy atom. The van der Waals surface area contributed by atoms with E-state index in [1.165, 1.54) is 0 Å². The summed E-state index contributed by atoms with van der Waals surface area (Å²) in [4.78, 5) is 0. The molecule has 0 amide bonds. The second kappa shape index (κ2) is 12.0. The lowest BCUT2D eigenvalue weighted by Crippen LogP contribution is -2.06. The molecule has 0 radical (unpaired) electrons. The van der Waals surface area contributed by atoms with E-state index in [0.717, 1.165) is 41.9 Å². The van der Waals surface area contributed by atoms with Gasteiger partial charge in [0.25, 0.3) is 0 Å². The number of hydrogen-bond acceptors (Lipinski definition) is 4. The van der Waals surface area contributed by atoms with Crippen molar-refractivity contribution in [2.75, 3.05) is 14.2 Å². The van der Waals surface area contributed by atoms with Gasteiger partial charge in [-0.15, -0.1) is 0 Å². The van der Waals surface area contributed by atoms with E-state index in [4.69, 9.17) is 19.3 Å². The third kappa shape index (κ3) is 7.19. The lowest BCUT2D eigenvalue weighted by molar-refractivity contribution is 0.239. The highest BCUT2D eigenvalue weighted by Crippen LogP contribution is 2.29. The van der Waals surface area contributed by atoms with Crippen LogP contribution in [-0.2, 0) is 11.3 Å². The van der Waals surface area contributed by atoms with Crippen LogP contribution >= 0.6 is 0 Å². The van der Waals surface area contributed by atoms with Gasteiger partial charge in [0, 0.05) is 18.7 Å². The Hall–Kier alpha value is -2.46. The van der Waals surface area contributed by atoms with Crippen molar-refractivity contribution >= 4 is 5.76 Å². The van der Waals surface area contributed by atoms with Crippen molar-refractivity contribution < 1.29 is 19.3 Å². The zero-order valence-corrected chi connectivity index (χ0v) is 16.4. The van der Waals surface area contributed by atoms with Crippen LogP contribution in [0.1, 0.15) is 38.3 Å². The summed E-state index contributed by atoms with van der Waals surface area (Å²) in [6.45, 7) is 6.62. The molecule has 2 aromatic rings. The fraction of sp³-hybridized carbons (Fsp3) is 0.364. The Balaban J connectivity index is 0.00000163. The minimum Gasteiger partial charge on any atom is -0.496 e.